The number of benzene rings is 1. The average molecular weight is 368 g/mol. The van der Waals surface area contributed by atoms with Crippen LogP contribution in [0.25, 0.3) is 0 Å². The van der Waals surface area contributed by atoms with Crippen LogP contribution in [0.5, 0.6) is 11.5 Å². The van der Waals surface area contributed by atoms with Crippen LogP contribution in [0.2, 0.25) is 0 Å². The zero-order valence-electron chi connectivity index (χ0n) is 11.8. The molecule has 0 saturated carbocycles. The lowest BCUT2D eigenvalue weighted by atomic mass is 9.96. The molecule has 0 bridgehead atoms. The lowest BCUT2D eigenvalue weighted by molar-refractivity contribution is -0.129. The van der Waals surface area contributed by atoms with E-state index in [0.717, 1.165) is 0 Å². The first-order valence-electron chi connectivity index (χ1n) is 6.75. The molecule has 1 N–H and O–H groups in total. The van der Waals surface area contributed by atoms with Crippen LogP contribution in [0.1, 0.15) is 18.5 Å². The molecule has 0 spiro atoms. The third-order valence-electron chi connectivity index (χ3n) is 3.72. The molecule has 0 aromatic heterocycles. The number of ketones is 1. The fraction of sp³-hybridized carbons (Fsp3) is 0.333. The Balaban J connectivity index is 2.08. The van der Waals surface area contributed by atoms with Crippen LogP contribution in [0.3, 0.4) is 0 Å². The van der Waals surface area contributed by atoms with Crippen LogP contribution in [-0.2, 0) is 9.59 Å². The van der Waals surface area contributed by atoms with E-state index >= 15 is 0 Å². The SMILES string of the molecule is CC(=O)C1=C(O)C(=O)N(CCBr)[C@@H]1c1ccc2c(c1)OCO2. The number of carbonyl (C=O) groups is 2. The van der Waals surface area contributed by atoms with Crippen molar-refractivity contribution in [1.29, 1.82) is 0 Å². The molecule has 0 saturated heterocycles. The molecule has 22 heavy (non-hydrogen) atoms. The maximum atomic E-state index is 12.2. The second kappa shape index (κ2) is 5.64. The summed E-state index contributed by atoms with van der Waals surface area (Å²) < 4.78 is 10.6. The van der Waals surface area contributed by atoms with Crippen LogP contribution in [0.15, 0.2) is 29.5 Å². The first kappa shape index (κ1) is 14.9. The van der Waals surface area contributed by atoms with Crippen LogP contribution in [0, 0.1) is 0 Å². The Labute approximate surface area is 135 Å². The molecule has 2 aliphatic heterocycles. The molecule has 116 valence electrons. The Kier molecular flexibility index (Phi) is 3.82. The molecule has 7 heteroatoms. The van der Waals surface area contributed by atoms with Gasteiger partial charge < -0.3 is 19.5 Å². The number of rotatable bonds is 4. The minimum atomic E-state index is -0.614. The quantitative estimate of drug-likeness (QED) is 0.824. The van der Waals surface area contributed by atoms with E-state index in [4.69, 9.17) is 9.47 Å². The van der Waals surface area contributed by atoms with Gasteiger partial charge in [-0.3, -0.25) is 9.59 Å². The second-order valence-corrected chi connectivity index (χ2v) is 5.81. The summed E-state index contributed by atoms with van der Waals surface area (Å²) in [5, 5.41) is 10.6. The molecule has 0 unspecified atom stereocenters. The third kappa shape index (κ3) is 2.25. The van der Waals surface area contributed by atoms with Crippen LogP contribution in [-0.4, -0.2) is 40.4 Å². The van der Waals surface area contributed by atoms with E-state index in [1.54, 1.807) is 18.2 Å². The van der Waals surface area contributed by atoms with Gasteiger partial charge in [0.15, 0.2) is 23.0 Å². The number of amides is 1. The fourth-order valence-corrected chi connectivity index (χ4v) is 3.15. The Bertz CT molecular complexity index is 685. The van der Waals surface area contributed by atoms with Gasteiger partial charge in [-0.05, 0) is 24.6 Å². The fourth-order valence-electron chi connectivity index (χ4n) is 2.76. The van der Waals surface area contributed by atoms with Crippen LogP contribution in [0.4, 0.5) is 0 Å². The minimum Gasteiger partial charge on any atom is -0.503 e. The highest BCUT2D eigenvalue weighted by Gasteiger charge is 2.42. The highest BCUT2D eigenvalue weighted by molar-refractivity contribution is 9.09. The molecule has 2 heterocycles. The van der Waals surface area contributed by atoms with Crippen molar-refractivity contribution in [2.75, 3.05) is 18.7 Å². The summed E-state index contributed by atoms with van der Waals surface area (Å²) in [4.78, 5) is 25.6. The Morgan fingerprint density at radius 1 is 1.41 bits per heavy atom. The summed E-state index contributed by atoms with van der Waals surface area (Å²) in [7, 11) is 0. The van der Waals surface area contributed by atoms with Gasteiger partial charge in [0.2, 0.25) is 6.79 Å². The number of fused-ring (bicyclic) bond motifs is 1. The van der Waals surface area contributed by atoms with Gasteiger partial charge in [0, 0.05) is 11.9 Å². The molecule has 1 atom stereocenters. The normalized spacial score (nSPS) is 20.0. The largest absolute Gasteiger partial charge is 0.503 e. The van der Waals surface area contributed by atoms with Gasteiger partial charge in [0.1, 0.15) is 0 Å². The first-order valence-corrected chi connectivity index (χ1v) is 7.87. The maximum absolute atomic E-state index is 12.2. The zero-order valence-corrected chi connectivity index (χ0v) is 13.4. The van der Waals surface area contributed by atoms with Crippen molar-refractivity contribution in [2.24, 2.45) is 0 Å². The highest BCUT2D eigenvalue weighted by atomic mass is 79.9. The van der Waals surface area contributed by atoms with Gasteiger partial charge in [-0.25, -0.2) is 0 Å². The van der Waals surface area contributed by atoms with E-state index in [2.05, 4.69) is 15.9 Å². The number of alkyl halides is 1. The molecule has 1 aromatic rings. The number of Topliss-reactive ketones (excluding diaryl/α,β-unsaturated/α-hetero) is 1. The van der Waals surface area contributed by atoms with Crippen molar-refractivity contribution in [1.82, 2.24) is 4.90 Å². The number of aliphatic hydroxyl groups is 1. The first-order chi connectivity index (χ1) is 10.5. The molecule has 0 fully saturated rings. The van der Waals surface area contributed by atoms with Gasteiger partial charge in [-0.15, -0.1) is 0 Å². The van der Waals surface area contributed by atoms with Crippen molar-refractivity contribution in [3.63, 3.8) is 0 Å². The average Bonchev–Trinajstić information content (AvgIpc) is 3.04. The molecule has 1 aromatic carbocycles. The van der Waals surface area contributed by atoms with Gasteiger partial charge in [-0.1, -0.05) is 22.0 Å². The lowest BCUT2D eigenvalue weighted by Crippen LogP contribution is -2.32. The van der Waals surface area contributed by atoms with E-state index in [1.807, 2.05) is 0 Å². The van der Waals surface area contributed by atoms with Gasteiger partial charge in [0.05, 0.1) is 11.6 Å². The van der Waals surface area contributed by atoms with E-state index < -0.39 is 17.7 Å². The van der Waals surface area contributed by atoms with Crippen molar-refractivity contribution in [2.45, 2.75) is 13.0 Å². The highest BCUT2D eigenvalue weighted by Crippen LogP contribution is 2.41. The maximum Gasteiger partial charge on any atom is 0.290 e. The number of aliphatic hydroxyl groups excluding tert-OH is 1. The molecule has 2 aliphatic rings. The number of hydrogen-bond acceptors (Lipinski definition) is 5. The minimum absolute atomic E-state index is 0.116. The molecule has 1 amide bonds. The van der Waals surface area contributed by atoms with Crippen molar-refractivity contribution >= 4 is 27.6 Å². The Morgan fingerprint density at radius 3 is 2.82 bits per heavy atom. The van der Waals surface area contributed by atoms with E-state index in [1.165, 1.54) is 11.8 Å². The van der Waals surface area contributed by atoms with Gasteiger partial charge in [0.25, 0.3) is 5.91 Å². The summed E-state index contributed by atoms with van der Waals surface area (Å²) in [6.07, 6.45) is 0. The summed E-state index contributed by atoms with van der Waals surface area (Å²) in [6.45, 7) is 1.86. The number of hydrogen-bond donors (Lipinski definition) is 1. The molecular formula is C15H14BrNO5. The van der Waals surface area contributed by atoms with Crippen LogP contribution >= 0.6 is 15.9 Å². The molecule has 0 aliphatic carbocycles. The number of nitrogens with zero attached hydrogens (tertiary/aromatic N) is 1. The van der Waals surface area contributed by atoms with Crippen molar-refractivity contribution in [3.05, 3.63) is 35.1 Å². The Morgan fingerprint density at radius 2 is 2.14 bits per heavy atom. The molecule has 3 rings (SSSR count). The summed E-state index contributed by atoms with van der Waals surface area (Å²) in [5.41, 5.74) is 0.817. The molecule has 0 radical (unpaired) electrons. The van der Waals surface area contributed by atoms with E-state index in [9.17, 15) is 14.7 Å². The topological polar surface area (TPSA) is 76.1 Å². The smallest absolute Gasteiger partial charge is 0.290 e. The number of halogens is 1. The van der Waals surface area contributed by atoms with Gasteiger partial charge in [-0.2, -0.15) is 0 Å². The molecular weight excluding hydrogens is 354 g/mol. The number of carbonyl (C=O) groups excluding carboxylic acids is 2. The van der Waals surface area contributed by atoms with E-state index in [-0.39, 0.29) is 18.1 Å². The van der Waals surface area contributed by atoms with E-state index in [0.29, 0.717) is 28.9 Å². The lowest BCUT2D eigenvalue weighted by Gasteiger charge is -2.26. The monoisotopic (exact) mass is 367 g/mol. The predicted octanol–water partition coefficient (Wildman–Crippen LogP) is 2.09. The van der Waals surface area contributed by atoms with Gasteiger partial charge >= 0.3 is 0 Å². The zero-order chi connectivity index (χ0) is 15.9. The predicted molar refractivity (Wildman–Crippen MR) is 81.1 cm³/mol. The van der Waals surface area contributed by atoms with Crippen LogP contribution < -0.4 is 9.47 Å². The third-order valence-corrected chi connectivity index (χ3v) is 4.08. The van der Waals surface area contributed by atoms with Crippen molar-refractivity contribution in [3.8, 4) is 11.5 Å². The molecule has 6 nitrogen and oxygen atoms in total. The Hall–Kier alpha value is -2.02. The summed E-state index contributed by atoms with van der Waals surface area (Å²) in [6, 6.07) is 4.64. The summed E-state index contributed by atoms with van der Waals surface area (Å²) in [5.74, 6) is -0.148. The second-order valence-electron chi connectivity index (χ2n) is 5.02. The summed E-state index contributed by atoms with van der Waals surface area (Å²) >= 11 is 3.29. The van der Waals surface area contributed by atoms with Crippen molar-refractivity contribution < 1.29 is 24.2 Å². The number of ether oxygens (including phenoxy) is 2. The standard InChI is InChI=1S/C15H14BrNO5/c1-8(18)12-13(17(5-4-16)15(20)14(12)19)9-2-3-10-11(6-9)22-7-21-10/h2-3,6,13,19H,4-5,7H2,1H3/t13-/m1/s1.